The number of anilines is 1. The summed E-state index contributed by atoms with van der Waals surface area (Å²) < 4.78 is 1.53. The predicted molar refractivity (Wildman–Crippen MR) is 99.1 cm³/mol. The first-order chi connectivity index (χ1) is 11.6. The van der Waals surface area contributed by atoms with Crippen molar-refractivity contribution in [3.05, 3.63) is 45.9 Å². The van der Waals surface area contributed by atoms with Gasteiger partial charge in [-0.2, -0.15) is 0 Å². The number of rotatable bonds is 5. The van der Waals surface area contributed by atoms with Crippen LogP contribution >= 0.6 is 23.5 Å². The fourth-order valence-corrected chi connectivity index (χ4v) is 4.31. The van der Waals surface area contributed by atoms with Gasteiger partial charge in [0.25, 0.3) is 5.56 Å². The van der Waals surface area contributed by atoms with E-state index < -0.39 is 0 Å². The van der Waals surface area contributed by atoms with Crippen molar-refractivity contribution in [3.8, 4) is 0 Å². The van der Waals surface area contributed by atoms with Crippen molar-refractivity contribution >= 4 is 35.1 Å². The van der Waals surface area contributed by atoms with Crippen LogP contribution in [0.15, 0.2) is 39.1 Å². The van der Waals surface area contributed by atoms with Gasteiger partial charge in [-0.15, -0.1) is 11.8 Å². The smallest absolute Gasteiger partial charge is 0.267 e. The first-order valence-corrected chi connectivity index (χ1v) is 9.80. The average molecular weight is 361 g/mol. The van der Waals surface area contributed by atoms with E-state index in [1.807, 2.05) is 24.3 Å². The van der Waals surface area contributed by atoms with Crippen LogP contribution in [-0.2, 0) is 24.7 Å². The lowest BCUT2D eigenvalue weighted by Gasteiger charge is -2.09. The molecule has 1 aromatic carbocycles. The van der Waals surface area contributed by atoms with Gasteiger partial charge in [-0.1, -0.05) is 30.8 Å². The molecule has 0 saturated carbocycles. The van der Waals surface area contributed by atoms with Gasteiger partial charge in [0.05, 0.1) is 16.3 Å². The Labute approximate surface area is 149 Å². The highest BCUT2D eigenvalue weighted by Gasteiger charge is 2.20. The standard InChI is InChI=1S/C17H19N3O2S2/c1-3-11-4-6-12(7-5-11)18-14(21)10-24-17-19-13-8-9-23-15(13)16(22)20(17)2/h4-7H,3,8-10H2,1-2H3,(H,18,21). The number of nitrogens with one attached hydrogen (secondary N) is 1. The normalized spacial score (nSPS) is 12.9. The first-order valence-electron chi connectivity index (χ1n) is 7.82. The van der Waals surface area contributed by atoms with Gasteiger partial charge in [-0.3, -0.25) is 14.2 Å². The van der Waals surface area contributed by atoms with Crippen LogP contribution in [0.4, 0.5) is 5.69 Å². The predicted octanol–water partition coefficient (Wildman–Crippen LogP) is 2.72. The van der Waals surface area contributed by atoms with Crippen LogP contribution in [0.5, 0.6) is 0 Å². The Kier molecular flexibility index (Phi) is 5.30. The number of fused-ring (bicyclic) bond motifs is 1. The van der Waals surface area contributed by atoms with E-state index in [4.69, 9.17) is 0 Å². The third-order valence-electron chi connectivity index (χ3n) is 3.84. The Morgan fingerprint density at radius 1 is 1.38 bits per heavy atom. The zero-order valence-corrected chi connectivity index (χ0v) is 15.3. The molecule has 0 aliphatic carbocycles. The number of hydrogen-bond acceptors (Lipinski definition) is 5. The van der Waals surface area contributed by atoms with Gasteiger partial charge in [0, 0.05) is 24.9 Å². The molecule has 0 spiro atoms. The lowest BCUT2D eigenvalue weighted by atomic mass is 10.1. The number of carbonyl (C=O) groups excluding carboxylic acids is 1. The molecule has 1 aliphatic heterocycles. The number of amides is 1. The molecule has 3 rings (SSSR count). The number of aromatic nitrogens is 2. The van der Waals surface area contributed by atoms with E-state index in [9.17, 15) is 9.59 Å². The van der Waals surface area contributed by atoms with E-state index >= 15 is 0 Å². The Hall–Kier alpha value is -1.73. The van der Waals surface area contributed by atoms with Gasteiger partial charge in [0.15, 0.2) is 5.16 Å². The van der Waals surface area contributed by atoms with Crippen LogP contribution in [-0.4, -0.2) is 27.0 Å². The Bertz CT molecular complexity index is 816. The number of benzene rings is 1. The van der Waals surface area contributed by atoms with Crippen molar-refractivity contribution in [3.63, 3.8) is 0 Å². The summed E-state index contributed by atoms with van der Waals surface area (Å²) in [5, 5.41) is 3.47. The van der Waals surface area contributed by atoms with Crippen molar-refractivity contribution < 1.29 is 4.79 Å². The molecule has 0 atom stereocenters. The van der Waals surface area contributed by atoms with E-state index in [2.05, 4.69) is 17.2 Å². The average Bonchev–Trinajstić information content (AvgIpc) is 3.06. The molecule has 0 radical (unpaired) electrons. The molecule has 1 aromatic heterocycles. The second kappa shape index (κ2) is 7.44. The molecule has 126 valence electrons. The Morgan fingerprint density at radius 3 is 2.83 bits per heavy atom. The number of carbonyl (C=O) groups is 1. The number of thioether (sulfide) groups is 2. The van der Waals surface area contributed by atoms with Crippen LogP contribution < -0.4 is 10.9 Å². The lowest BCUT2D eigenvalue weighted by Crippen LogP contribution is -2.23. The largest absolute Gasteiger partial charge is 0.325 e. The van der Waals surface area contributed by atoms with Crippen molar-refractivity contribution in [1.29, 1.82) is 0 Å². The SMILES string of the molecule is CCc1ccc(NC(=O)CSc2nc3c(c(=O)n2C)SCC3)cc1. The van der Waals surface area contributed by atoms with Crippen LogP contribution in [0, 0.1) is 0 Å². The summed E-state index contributed by atoms with van der Waals surface area (Å²) in [7, 11) is 1.71. The maximum Gasteiger partial charge on any atom is 0.267 e. The van der Waals surface area contributed by atoms with Crippen molar-refractivity contribution in [1.82, 2.24) is 9.55 Å². The minimum atomic E-state index is -0.103. The van der Waals surface area contributed by atoms with Gasteiger partial charge in [0.2, 0.25) is 5.91 Å². The lowest BCUT2D eigenvalue weighted by molar-refractivity contribution is -0.113. The number of nitrogens with zero attached hydrogens (tertiary/aromatic N) is 2. The van der Waals surface area contributed by atoms with Crippen molar-refractivity contribution in [2.45, 2.75) is 29.8 Å². The molecule has 2 aromatic rings. The second-order valence-electron chi connectivity index (χ2n) is 5.52. The first kappa shape index (κ1) is 17.1. The van der Waals surface area contributed by atoms with E-state index in [1.54, 1.807) is 18.8 Å². The molecular weight excluding hydrogens is 342 g/mol. The van der Waals surface area contributed by atoms with E-state index in [0.717, 1.165) is 34.9 Å². The van der Waals surface area contributed by atoms with Crippen LogP contribution in [0.2, 0.25) is 0 Å². The molecule has 0 unspecified atom stereocenters. The maximum atomic E-state index is 12.3. The van der Waals surface area contributed by atoms with Crippen molar-refractivity contribution in [2.75, 3.05) is 16.8 Å². The molecule has 0 fully saturated rings. The summed E-state index contributed by atoms with van der Waals surface area (Å²) in [4.78, 5) is 29.7. The Morgan fingerprint density at radius 2 is 2.12 bits per heavy atom. The van der Waals surface area contributed by atoms with Crippen LogP contribution in [0.3, 0.4) is 0 Å². The maximum absolute atomic E-state index is 12.3. The Balaban J connectivity index is 1.64. The number of aryl methyl sites for hydroxylation is 2. The zero-order valence-electron chi connectivity index (χ0n) is 13.7. The topological polar surface area (TPSA) is 64.0 Å². The summed E-state index contributed by atoms with van der Waals surface area (Å²) in [6, 6.07) is 7.82. The van der Waals surface area contributed by atoms with Gasteiger partial charge < -0.3 is 5.32 Å². The molecule has 0 bridgehead atoms. The van der Waals surface area contributed by atoms with E-state index in [0.29, 0.717) is 5.16 Å². The second-order valence-corrected chi connectivity index (χ2v) is 7.57. The molecule has 0 saturated heterocycles. The summed E-state index contributed by atoms with van der Waals surface area (Å²) in [6.45, 7) is 2.09. The third kappa shape index (κ3) is 3.67. The molecule has 1 aliphatic rings. The highest BCUT2D eigenvalue weighted by atomic mass is 32.2. The molecule has 1 N–H and O–H groups in total. The zero-order chi connectivity index (χ0) is 17.1. The molecule has 7 heteroatoms. The summed E-state index contributed by atoms with van der Waals surface area (Å²) >= 11 is 2.85. The fourth-order valence-electron chi connectivity index (χ4n) is 2.45. The fraction of sp³-hybridized carbons (Fsp3) is 0.353. The summed E-state index contributed by atoms with van der Waals surface area (Å²) in [5.41, 5.74) is 2.87. The van der Waals surface area contributed by atoms with Crippen LogP contribution in [0.1, 0.15) is 18.2 Å². The van der Waals surface area contributed by atoms with E-state index in [1.165, 1.54) is 21.9 Å². The van der Waals surface area contributed by atoms with Crippen molar-refractivity contribution in [2.24, 2.45) is 7.05 Å². The molecule has 1 amide bonds. The highest BCUT2D eigenvalue weighted by molar-refractivity contribution is 8.00. The molecular formula is C17H19N3O2S2. The highest BCUT2D eigenvalue weighted by Crippen LogP contribution is 2.28. The minimum absolute atomic E-state index is 0.0134. The number of hydrogen-bond donors (Lipinski definition) is 1. The van der Waals surface area contributed by atoms with Gasteiger partial charge in [0.1, 0.15) is 0 Å². The molecule has 24 heavy (non-hydrogen) atoms. The van der Waals surface area contributed by atoms with E-state index in [-0.39, 0.29) is 17.2 Å². The van der Waals surface area contributed by atoms with Gasteiger partial charge in [-0.25, -0.2) is 4.98 Å². The summed E-state index contributed by atoms with van der Waals surface area (Å²) in [6.07, 6.45) is 1.79. The van der Waals surface area contributed by atoms with Gasteiger partial charge in [-0.05, 0) is 24.1 Å². The monoisotopic (exact) mass is 361 g/mol. The minimum Gasteiger partial charge on any atom is -0.325 e. The quantitative estimate of drug-likeness (QED) is 0.655. The molecule has 2 heterocycles. The van der Waals surface area contributed by atoms with Gasteiger partial charge >= 0.3 is 0 Å². The summed E-state index contributed by atoms with van der Waals surface area (Å²) in [5.74, 6) is 1.02. The third-order valence-corrected chi connectivity index (χ3v) is 5.98. The molecule has 5 nitrogen and oxygen atoms in total. The van der Waals surface area contributed by atoms with Crippen LogP contribution in [0.25, 0.3) is 0 Å².